The van der Waals surface area contributed by atoms with E-state index in [4.69, 9.17) is 16.7 Å². The minimum absolute atomic E-state index is 0.0447. The number of benzene rings is 2. The Balaban J connectivity index is 2.57. The second-order valence-corrected chi connectivity index (χ2v) is 7.86. The van der Waals surface area contributed by atoms with E-state index in [2.05, 4.69) is 4.72 Å². The number of sulfonamides is 1. The molecule has 0 bridgehead atoms. The number of anilines is 1. The maximum absolute atomic E-state index is 12.8. The molecule has 0 unspecified atom stereocenters. The Morgan fingerprint density at radius 3 is 2.42 bits per heavy atom. The number of halogens is 1. The summed E-state index contributed by atoms with van der Waals surface area (Å²) in [6.07, 6.45) is 0. The number of nitrogens with one attached hydrogen (secondary N) is 1. The summed E-state index contributed by atoms with van der Waals surface area (Å²) in [5.41, 5.74) is 1.54. The van der Waals surface area contributed by atoms with Gasteiger partial charge in [-0.2, -0.15) is 0 Å². The van der Waals surface area contributed by atoms with Gasteiger partial charge in [0.25, 0.3) is 10.0 Å². The first-order chi connectivity index (χ1) is 11.1. The minimum atomic E-state index is -3.96. The van der Waals surface area contributed by atoms with Gasteiger partial charge in [-0.3, -0.25) is 4.72 Å². The van der Waals surface area contributed by atoms with Crippen molar-refractivity contribution >= 4 is 33.3 Å². The van der Waals surface area contributed by atoms with E-state index in [0.29, 0.717) is 21.8 Å². The van der Waals surface area contributed by atoms with Gasteiger partial charge in [0.05, 0.1) is 16.1 Å². The normalized spacial score (nSPS) is 11.5. The number of hydrogen-bond donors (Lipinski definition) is 2. The van der Waals surface area contributed by atoms with Crippen molar-refractivity contribution in [1.29, 1.82) is 0 Å². The van der Waals surface area contributed by atoms with Crippen molar-refractivity contribution in [2.75, 3.05) is 4.72 Å². The van der Waals surface area contributed by atoms with Gasteiger partial charge >= 0.3 is 5.97 Å². The highest BCUT2D eigenvalue weighted by Crippen LogP contribution is 2.29. The molecule has 0 radical (unpaired) electrons. The fourth-order valence-electron chi connectivity index (χ4n) is 2.28. The SMILES string of the molecule is Cc1ccc(Cl)cc1NS(=O)(=O)c1cc(C(=O)O)ccc1C(C)C. The Hall–Kier alpha value is -2.05. The van der Waals surface area contributed by atoms with Crippen molar-refractivity contribution in [2.24, 2.45) is 0 Å². The molecule has 5 nitrogen and oxygen atoms in total. The van der Waals surface area contributed by atoms with Gasteiger partial charge in [0, 0.05) is 5.02 Å². The highest BCUT2D eigenvalue weighted by atomic mass is 35.5. The fraction of sp³-hybridized carbons (Fsp3) is 0.235. The number of carboxylic acid groups (broad SMARTS) is 1. The lowest BCUT2D eigenvalue weighted by Gasteiger charge is -2.16. The second-order valence-electron chi connectivity index (χ2n) is 5.78. The van der Waals surface area contributed by atoms with E-state index in [0.717, 1.165) is 0 Å². The summed E-state index contributed by atoms with van der Waals surface area (Å²) in [7, 11) is -3.96. The van der Waals surface area contributed by atoms with Crippen LogP contribution < -0.4 is 4.72 Å². The lowest BCUT2D eigenvalue weighted by Crippen LogP contribution is -2.17. The molecule has 0 atom stereocenters. The molecule has 0 aliphatic carbocycles. The number of aromatic carboxylic acids is 1. The summed E-state index contributed by atoms with van der Waals surface area (Å²) in [4.78, 5) is 11.1. The van der Waals surface area contributed by atoms with Crippen LogP contribution in [0.25, 0.3) is 0 Å². The summed E-state index contributed by atoms with van der Waals surface area (Å²) < 4.78 is 28.1. The highest BCUT2D eigenvalue weighted by Gasteiger charge is 2.23. The number of carbonyl (C=O) groups is 1. The highest BCUT2D eigenvalue weighted by molar-refractivity contribution is 7.92. The average Bonchev–Trinajstić information content (AvgIpc) is 2.50. The largest absolute Gasteiger partial charge is 0.478 e. The average molecular weight is 368 g/mol. The fourth-order valence-corrected chi connectivity index (χ4v) is 3.97. The molecule has 0 amide bonds. The van der Waals surface area contributed by atoms with E-state index in [9.17, 15) is 13.2 Å². The molecule has 0 aliphatic heterocycles. The van der Waals surface area contributed by atoms with Crippen LogP contribution in [-0.4, -0.2) is 19.5 Å². The lowest BCUT2D eigenvalue weighted by atomic mass is 10.0. The Kier molecular flexibility index (Phi) is 5.20. The zero-order valence-electron chi connectivity index (χ0n) is 13.5. The molecule has 2 rings (SSSR count). The van der Waals surface area contributed by atoms with Crippen molar-refractivity contribution in [3.05, 3.63) is 58.1 Å². The molecule has 0 spiro atoms. The van der Waals surface area contributed by atoms with Crippen molar-refractivity contribution < 1.29 is 18.3 Å². The Morgan fingerprint density at radius 1 is 1.17 bits per heavy atom. The third-order valence-electron chi connectivity index (χ3n) is 3.62. The molecule has 2 aromatic rings. The van der Waals surface area contributed by atoms with E-state index >= 15 is 0 Å². The first-order valence-electron chi connectivity index (χ1n) is 7.28. The molecule has 0 saturated heterocycles. The molecular weight excluding hydrogens is 350 g/mol. The van der Waals surface area contributed by atoms with E-state index in [1.54, 1.807) is 19.1 Å². The van der Waals surface area contributed by atoms with Gasteiger partial charge in [0.2, 0.25) is 0 Å². The summed E-state index contributed by atoms with van der Waals surface area (Å²) in [6.45, 7) is 5.45. The molecule has 2 N–H and O–H groups in total. The quantitative estimate of drug-likeness (QED) is 0.826. The van der Waals surface area contributed by atoms with Gasteiger partial charge in [0.1, 0.15) is 0 Å². The molecule has 0 saturated carbocycles. The second kappa shape index (κ2) is 6.83. The zero-order valence-corrected chi connectivity index (χ0v) is 15.1. The summed E-state index contributed by atoms with van der Waals surface area (Å²) in [5, 5.41) is 9.55. The molecule has 0 fully saturated rings. The first-order valence-corrected chi connectivity index (χ1v) is 9.14. The molecule has 128 valence electrons. The van der Waals surface area contributed by atoms with Gasteiger partial charge in [-0.15, -0.1) is 0 Å². The lowest BCUT2D eigenvalue weighted by molar-refractivity contribution is 0.0696. The number of rotatable bonds is 5. The van der Waals surface area contributed by atoms with Gasteiger partial charge in [-0.1, -0.05) is 37.6 Å². The Morgan fingerprint density at radius 2 is 1.83 bits per heavy atom. The first kappa shape index (κ1) is 18.3. The molecule has 0 aromatic heterocycles. The van der Waals surface area contributed by atoms with Crippen LogP contribution in [0, 0.1) is 6.92 Å². The number of hydrogen-bond acceptors (Lipinski definition) is 3. The Labute approximate surface area is 146 Å². The molecule has 0 aliphatic rings. The predicted octanol–water partition coefficient (Wildman–Crippen LogP) is 4.27. The summed E-state index contributed by atoms with van der Waals surface area (Å²) >= 11 is 5.93. The third-order valence-corrected chi connectivity index (χ3v) is 5.27. The van der Waals surface area contributed by atoms with Crippen LogP contribution >= 0.6 is 11.6 Å². The van der Waals surface area contributed by atoms with Crippen LogP contribution in [0.1, 0.15) is 41.3 Å². The third kappa shape index (κ3) is 3.88. The maximum Gasteiger partial charge on any atom is 0.335 e. The van der Waals surface area contributed by atoms with Crippen LogP contribution in [0.15, 0.2) is 41.3 Å². The van der Waals surface area contributed by atoms with E-state index in [1.807, 2.05) is 13.8 Å². The van der Waals surface area contributed by atoms with Gasteiger partial charge in [-0.05, 0) is 48.2 Å². The topological polar surface area (TPSA) is 83.5 Å². The summed E-state index contributed by atoms with van der Waals surface area (Å²) in [6, 6.07) is 9.01. The van der Waals surface area contributed by atoms with Crippen molar-refractivity contribution in [2.45, 2.75) is 31.6 Å². The van der Waals surface area contributed by atoms with Crippen LogP contribution in [0.3, 0.4) is 0 Å². The molecule has 2 aromatic carbocycles. The number of aryl methyl sites for hydroxylation is 1. The monoisotopic (exact) mass is 367 g/mol. The summed E-state index contributed by atoms with van der Waals surface area (Å²) in [5.74, 6) is -1.26. The van der Waals surface area contributed by atoms with Crippen molar-refractivity contribution in [3.63, 3.8) is 0 Å². The van der Waals surface area contributed by atoms with Crippen LogP contribution in [0.2, 0.25) is 5.02 Å². The minimum Gasteiger partial charge on any atom is -0.478 e. The smallest absolute Gasteiger partial charge is 0.335 e. The maximum atomic E-state index is 12.8. The van der Waals surface area contributed by atoms with E-state index < -0.39 is 16.0 Å². The van der Waals surface area contributed by atoms with Crippen molar-refractivity contribution in [1.82, 2.24) is 0 Å². The van der Waals surface area contributed by atoms with E-state index in [-0.39, 0.29) is 16.4 Å². The molecule has 7 heteroatoms. The molecule has 24 heavy (non-hydrogen) atoms. The van der Waals surface area contributed by atoms with Gasteiger partial charge < -0.3 is 5.11 Å². The predicted molar refractivity (Wildman–Crippen MR) is 94.5 cm³/mol. The van der Waals surface area contributed by atoms with Crippen molar-refractivity contribution in [3.8, 4) is 0 Å². The van der Waals surface area contributed by atoms with Crippen LogP contribution in [-0.2, 0) is 10.0 Å². The number of carboxylic acids is 1. The van der Waals surface area contributed by atoms with E-state index in [1.165, 1.54) is 24.3 Å². The van der Waals surface area contributed by atoms with Gasteiger partial charge in [0.15, 0.2) is 0 Å². The van der Waals surface area contributed by atoms with Crippen LogP contribution in [0.5, 0.6) is 0 Å². The Bertz CT molecular complexity index is 891. The standard InChI is InChI=1S/C17H18ClNO4S/c1-10(2)14-7-5-12(17(20)21)8-16(14)24(22,23)19-15-9-13(18)6-4-11(15)3/h4-10,19H,1-3H3,(H,20,21). The van der Waals surface area contributed by atoms with Crippen LogP contribution in [0.4, 0.5) is 5.69 Å². The molecular formula is C17H18ClNO4S. The molecule has 0 heterocycles. The zero-order chi connectivity index (χ0) is 18.1. The van der Waals surface area contributed by atoms with Gasteiger partial charge in [-0.25, -0.2) is 13.2 Å².